The molecule has 0 radical (unpaired) electrons. The van der Waals surface area contributed by atoms with E-state index in [0.29, 0.717) is 61.2 Å². The molecule has 2 aliphatic rings. The molecule has 0 bridgehead atoms. The van der Waals surface area contributed by atoms with Crippen LogP contribution in [0.3, 0.4) is 0 Å². The molecule has 0 aromatic heterocycles. The zero-order valence-corrected chi connectivity index (χ0v) is 20.0. The fourth-order valence-electron chi connectivity index (χ4n) is 4.26. The molecular formula is C27H30N2O6. The minimum Gasteiger partial charge on any atom is -0.507 e. The van der Waals surface area contributed by atoms with E-state index < -0.39 is 17.7 Å². The van der Waals surface area contributed by atoms with Crippen LogP contribution in [0.4, 0.5) is 0 Å². The van der Waals surface area contributed by atoms with Crippen LogP contribution in [-0.4, -0.2) is 73.6 Å². The lowest BCUT2D eigenvalue weighted by Gasteiger charge is -2.26. The number of ether oxygens (including phenoxy) is 3. The van der Waals surface area contributed by atoms with Crippen molar-refractivity contribution in [2.45, 2.75) is 12.5 Å². The highest BCUT2D eigenvalue weighted by Gasteiger charge is 2.45. The Kier molecular flexibility index (Phi) is 7.41. The van der Waals surface area contributed by atoms with Crippen LogP contribution in [0.5, 0.6) is 17.2 Å². The average molecular weight is 479 g/mol. The highest BCUT2D eigenvalue weighted by molar-refractivity contribution is 6.46. The monoisotopic (exact) mass is 478 g/mol. The standard InChI is InChI=1S/C27H30N2O6/c1-4-14-33-20-9-6-18(7-10-20)24-23(26(31)27(32)29(24)13-5-12-28(2)3)25(30)19-8-11-21-22(17-19)35-16-15-34-21/h4,6-11,17,24,30H,1,5,12-16H2,2-3H3/b25-23-. The van der Waals surface area contributed by atoms with Crippen molar-refractivity contribution < 1.29 is 28.9 Å². The van der Waals surface area contributed by atoms with Gasteiger partial charge in [0.25, 0.3) is 11.7 Å². The van der Waals surface area contributed by atoms with Gasteiger partial charge in [-0.15, -0.1) is 0 Å². The number of likely N-dealkylation sites (tertiary alicyclic amines) is 1. The van der Waals surface area contributed by atoms with E-state index in [2.05, 4.69) is 6.58 Å². The predicted octanol–water partition coefficient (Wildman–Crippen LogP) is 3.40. The van der Waals surface area contributed by atoms with Crippen molar-refractivity contribution in [3.63, 3.8) is 0 Å². The third-order valence-electron chi connectivity index (χ3n) is 5.92. The number of aliphatic hydroxyl groups excluding tert-OH is 1. The molecule has 2 aliphatic heterocycles. The van der Waals surface area contributed by atoms with E-state index in [-0.39, 0.29) is 11.3 Å². The normalized spacial score (nSPS) is 18.7. The second-order valence-corrected chi connectivity index (χ2v) is 8.68. The third-order valence-corrected chi connectivity index (χ3v) is 5.92. The summed E-state index contributed by atoms with van der Waals surface area (Å²) in [5.74, 6) is 0.126. The number of carbonyl (C=O) groups is 2. The number of benzene rings is 2. The molecule has 184 valence electrons. The Balaban J connectivity index is 1.74. The van der Waals surface area contributed by atoms with Crippen LogP contribution in [0, 0.1) is 0 Å². The maximum Gasteiger partial charge on any atom is 0.295 e. The molecule has 8 heteroatoms. The molecule has 0 saturated carbocycles. The van der Waals surface area contributed by atoms with Crippen LogP contribution in [0.25, 0.3) is 5.76 Å². The molecule has 8 nitrogen and oxygen atoms in total. The second-order valence-electron chi connectivity index (χ2n) is 8.68. The molecule has 35 heavy (non-hydrogen) atoms. The van der Waals surface area contributed by atoms with E-state index in [1.54, 1.807) is 36.4 Å². The first-order valence-electron chi connectivity index (χ1n) is 11.6. The van der Waals surface area contributed by atoms with Crippen molar-refractivity contribution in [2.75, 3.05) is 47.0 Å². The molecule has 1 fully saturated rings. The van der Waals surface area contributed by atoms with Gasteiger partial charge in [0.1, 0.15) is 31.3 Å². The summed E-state index contributed by atoms with van der Waals surface area (Å²) in [4.78, 5) is 29.8. The minimum atomic E-state index is -0.723. The smallest absolute Gasteiger partial charge is 0.295 e. The zero-order valence-electron chi connectivity index (χ0n) is 20.0. The molecule has 2 aromatic rings. The van der Waals surface area contributed by atoms with Gasteiger partial charge in [-0.25, -0.2) is 0 Å². The fraction of sp³-hybridized carbons (Fsp3) is 0.333. The summed E-state index contributed by atoms with van der Waals surface area (Å²) >= 11 is 0. The van der Waals surface area contributed by atoms with Crippen molar-refractivity contribution in [3.05, 3.63) is 71.8 Å². The number of fused-ring (bicyclic) bond motifs is 1. The summed E-state index contributed by atoms with van der Waals surface area (Å²) in [7, 11) is 3.91. The van der Waals surface area contributed by atoms with Gasteiger partial charge >= 0.3 is 0 Å². The Morgan fingerprint density at radius 1 is 1.14 bits per heavy atom. The Morgan fingerprint density at radius 2 is 1.86 bits per heavy atom. The first-order chi connectivity index (χ1) is 16.9. The van der Waals surface area contributed by atoms with Crippen LogP contribution in [0.15, 0.2) is 60.7 Å². The first-order valence-corrected chi connectivity index (χ1v) is 11.6. The Morgan fingerprint density at radius 3 is 2.54 bits per heavy atom. The van der Waals surface area contributed by atoms with Crippen LogP contribution in [0.2, 0.25) is 0 Å². The van der Waals surface area contributed by atoms with Gasteiger partial charge in [0, 0.05) is 12.1 Å². The third kappa shape index (κ3) is 5.17. The number of rotatable bonds is 9. The van der Waals surface area contributed by atoms with Gasteiger partial charge in [-0.1, -0.05) is 24.8 Å². The molecule has 0 spiro atoms. The molecule has 1 amide bonds. The van der Waals surface area contributed by atoms with Gasteiger partial charge < -0.3 is 29.1 Å². The number of carbonyl (C=O) groups excluding carboxylic acids is 2. The number of nitrogens with zero attached hydrogens (tertiary/aromatic N) is 2. The number of hydrogen-bond acceptors (Lipinski definition) is 7. The Hall–Kier alpha value is -3.78. The van der Waals surface area contributed by atoms with E-state index in [4.69, 9.17) is 14.2 Å². The maximum atomic E-state index is 13.2. The summed E-state index contributed by atoms with van der Waals surface area (Å²) in [5, 5.41) is 11.3. The van der Waals surface area contributed by atoms with E-state index in [1.807, 2.05) is 31.1 Å². The topological polar surface area (TPSA) is 88.5 Å². The van der Waals surface area contributed by atoms with E-state index in [0.717, 1.165) is 6.54 Å². The van der Waals surface area contributed by atoms with Crippen molar-refractivity contribution in [1.29, 1.82) is 0 Å². The summed E-state index contributed by atoms with van der Waals surface area (Å²) in [6.07, 6.45) is 2.34. The molecule has 4 rings (SSSR count). The van der Waals surface area contributed by atoms with E-state index in [9.17, 15) is 14.7 Å². The van der Waals surface area contributed by atoms with Gasteiger partial charge in [-0.2, -0.15) is 0 Å². The molecule has 1 unspecified atom stereocenters. The van der Waals surface area contributed by atoms with Crippen molar-refractivity contribution in [2.24, 2.45) is 0 Å². The highest BCUT2D eigenvalue weighted by atomic mass is 16.6. The summed E-state index contributed by atoms with van der Waals surface area (Å²) in [6, 6.07) is 11.4. The first kappa shape index (κ1) is 24.3. The lowest BCUT2D eigenvalue weighted by Crippen LogP contribution is -2.32. The second kappa shape index (κ2) is 10.7. The Bertz CT molecular complexity index is 1140. The molecule has 1 N–H and O–H groups in total. The number of amides is 1. The zero-order chi connectivity index (χ0) is 24.9. The molecule has 0 aliphatic carbocycles. The molecule has 2 aromatic carbocycles. The van der Waals surface area contributed by atoms with Crippen molar-refractivity contribution >= 4 is 17.4 Å². The van der Waals surface area contributed by atoms with Crippen LogP contribution in [0.1, 0.15) is 23.6 Å². The maximum absolute atomic E-state index is 13.2. The summed E-state index contributed by atoms with van der Waals surface area (Å²) in [6.45, 7) is 5.99. The van der Waals surface area contributed by atoms with Gasteiger partial charge in [-0.3, -0.25) is 9.59 Å². The van der Waals surface area contributed by atoms with Gasteiger partial charge in [0.05, 0.1) is 11.6 Å². The molecule has 1 saturated heterocycles. The summed E-state index contributed by atoms with van der Waals surface area (Å²) < 4.78 is 16.8. The van der Waals surface area contributed by atoms with Crippen molar-refractivity contribution in [1.82, 2.24) is 9.80 Å². The van der Waals surface area contributed by atoms with Gasteiger partial charge in [0.15, 0.2) is 11.5 Å². The lowest BCUT2D eigenvalue weighted by molar-refractivity contribution is -0.139. The van der Waals surface area contributed by atoms with Crippen molar-refractivity contribution in [3.8, 4) is 17.2 Å². The molecule has 1 atom stereocenters. The highest BCUT2D eigenvalue weighted by Crippen LogP contribution is 2.41. The average Bonchev–Trinajstić information content (AvgIpc) is 3.12. The summed E-state index contributed by atoms with van der Waals surface area (Å²) in [5.41, 5.74) is 1.15. The van der Waals surface area contributed by atoms with Gasteiger partial charge in [0.2, 0.25) is 0 Å². The lowest BCUT2D eigenvalue weighted by atomic mass is 9.95. The van der Waals surface area contributed by atoms with Crippen LogP contribution < -0.4 is 14.2 Å². The molecule has 2 heterocycles. The number of ketones is 1. The van der Waals surface area contributed by atoms with Gasteiger partial charge in [-0.05, 0) is 63.0 Å². The minimum absolute atomic E-state index is 0.0521. The van der Waals surface area contributed by atoms with Crippen LogP contribution >= 0.6 is 0 Å². The SMILES string of the molecule is C=CCOc1ccc(C2/C(=C(/O)c3ccc4c(c3)OCCO4)C(=O)C(=O)N2CCCN(C)C)cc1. The quantitative estimate of drug-likeness (QED) is 0.256. The molecular weight excluding hydrogens is 448 g/mol. The van der Waals surface area contributed by atoms with E-state index in [1.165, 1.54) is 4.90 Å². The number of aliphatic hydroxyl groups is 1. The number of hydrogen-bond donors (Lipinski definition) is 1. The Labute approximate surface area is 205 Å². The van der Waals surface area contributed by atoms with E-state index >= 15 is 0 Å². The van der Waals surface area contributed by atoms with Crippen LogP contribution in [-0.2, 0) is 9.59 Å². The fourth-order valence-corrected chi connectivity index (χ4v) is 4.26. The number of Topliss-reactive ketones (excluding diaryl/α,β-unsaturated/α-hetero) is 1. The largest absolute Gasteiger partial charge is 0.507 e. The predicted molar refractivity (Wildman–Crippen MR) is 132 cm³/mol.